The van der Waals surface area contributed by atoms with Gasteiger partial charge in [-0.1, -0.05) is 0 Å². The Morgan fingerprint density at radius 1 is 1.45 bits per heavy atom. The quantitative estimate of drug-likeness (QED) is 0.407. The van der Waals surface area contributed by atoms with Crippen LogP contribution in [0.1, 0.15) is 12.0 Å². The molecule has 0 N–H and O–H groups in total. The predicted octanol–water partition coefficient (Wildman–Crippen LogP) is 2.02. The lowest BCUT2D eigenvalue weighted by Crippen LogP contribution is -2.27. The Balaban J connectivity index is 3.05. The van der Waals surface area contributed by atoms with Crippen molar-refractivity contribution >= 4 is 15.9 Å². The van der Waals surface area contributed by atoms with Crippen molar-refractivity contribution in [3.63, 3.8) is 0 Å². The van der Waals surface area contributed by atoms with E-state index in [1.165, 1.54) is 12.1 Å². The molecule has 0 aliphatic rings. The summed E-state index contributed by atoms with van der Waals surface area (Å²) < 4.78 is 24.4. The van der Waals surface area contributed by atoms with Crippen molar-refractivity contribution in [3.8, 4) is 0 Å². The maximum absolute atomic E-state index is 11.9. The number of halogens is 3. The summed E-state index contributed by atoms with van der Waals surface area (Å²) in [6, 6.07) is 2.48. The molecule has 0 unspecified atom stereocenters. The molecule has 0 spiro atoms. The molecule has 0 aliphatic heterocycles. The zero-order chi connectivity index (χ0) is 8.43. The Hall–Kier alpha value is -0.710. The van der Waals surface area contributed by atoms with E-state index >= 15 is 0 Å². The Kier molecular flexibility index (Phi) is 2.38. The summed E-state index contributed by atoms with van der Waals surface area (Å²) in [5.41, 5.74) is -0.275. The summed E-state index contributed by atoms with van der Waals surface area (Å²) in [6.45, 7) is 0. The van der Waals surface area contributed by atoms with Gasteiger partial charge in [-0.3, -0.25) is 0 Å². The first-order chi connectivity index (χ1) is 5.11. The van der Waals surface area contributed by atoms with E-state index in [0.29, 0.717) is 4.73 Å². The fraction of sp³-hybridized carbons (Fsp3) is 0.167. The van der Waals surface area contributed by atoms with Crippen molar-refractivity contribution in [2.75, 3.05) is 0 Å². The van der Waals surface area contributed by atoms with E-state index < -0.39 is 6.43 Å². The third-order valence-electron chi connectivity index (χ3n) is 1.14. The largest absolute Gasteiger partial charge is 0.618 e. The van der Waals surface area contributed by atoms with Crippen molar-refractivity contribution in [3.05, 3.63) is 33.7 Å². The van der Waals surface area contributed by atoms with Gasteiger partial charge in [-0.05, 0) is 6.07 Å². The highest BCUT2D eigenvalue weighted by molar-refractivity contribution is 9.10. The smallest absolute Gasteiger partial charge is 0.269 e. The SMILES string of the molecule is [O-][n+]1cc(C(F)F)ccc1Br. The minimum absolute atomic E-state index is 0.224. The molecule has 0 saturated heterocycles. The van der Waals surface area contributed by atoms with E-state index in [1.807, 2.05) is 0 Å². The molecule has 1 rings (SSSR count). The van der Waals surface area contributed by atoms with Gasteiger partial charge in [-0.25, -0.2) is 8.78 Å². The Morgan fingerprint density at radius 2 is 2.09 bits per heavy atom. The standard InChI is InChI=1S/C6H4BrF2NO/c7-5-2-1-4(6(8)9)3-10(5)11/h1-3,6H. The molecule has 0 aliphatic carbocycles. The predicted molar refractivity (Wildman–Crippen MR) is 38.1 cm³/mol. The molecule has 0 fully saturated rings. The summed E-state index contributed by atoms with van der Waals surface area (Å²) in [6.07, 6.45) is -1.75. The zero-order valence-electron chi connectivity index (χ0n) is 5.30. The number of pyridine rings is 1. The Bertz CT molecular complexity index is 267. The third-order valence-corrected chi connectivity index (χ3v) is 1.76. The van der Waals surface area contributed by atoms with E-state index in [0.717, 1.165) is 6.20 Å². The van der Waals surface area contributed by atoms with Gasteiger partial charge in [0.1, 0.15) is 0 Å². The van der Waals surface area contributed by atoms with Crippen molar-refractivity contribution < 1.29 is 13.5 Å². The highest BCUT2D eigenvalue weighted by Crippen LogP contribution is 2.17. The molecule has 60 valence electrons. The second-order valence-electron chi connectivity index (χ2n) is 1.91. The molecule has 2 nitrogen and oxygen atoms in total. The summed E-state index contributed by atoms with van der Waals surface area (Å²) in [5.74, 6) is 0. The zero-order valence-corrected chi connectivity index (χ0v) is 6.88. The monoisotopic (exact) mass is 223 g/mol. The van der Waals surface area contributed by atoms with Gasteiger partial charge in [-0.2, -0.15) is 4.73 Å². The van der Waals surface area contributed by atoms with Crippen molar-refractivity contribution in [2.24, 2.45) is 0 Å². The summed E-state index contributed by atoms with van der Waals surface area (Å²) >= 11 is 2.88. The normalized spacial score (nSPS) is 10.5. The van der Waals surface area contributed by atoms with Crippen molar-refractivity contribution in [2.45, 2.75) is 6.43 Å². The Labute approximate surface area is 70.2 Å². The highest BCUT2D eigenvalue weighted by Gasteiger charge is 2.11. The van der Waals surface area contributed by atoms with Crippen molar-refractivity contribution in [1.29, 1.82) is 0 Å². The summed E-state index contributed by atoms with van der Waals surface area (Å²) in [4.78, 5) is 0. The van der Waals surface area contributed by atoms with Gasteiger partial charge in [0.05, 0.1) is 5.56 Å². The van der Waals surface area contributed by atoms with Crippen LogP contribution in [0.25, 0.3) is 0 Å². The lowest BCUT2D eigenvalue weighted by atomic mass is 10.3. The minimum atomic E-state index is -2.59. The molecule has 0 atom stereocenters. The maximum atomic E-state index is 11.9. The van der Waals surface area contributed by atoms with Gasteiger partial charge in [0, 0.05) is 22.0 Å². The second kappa shape index (κ2) is 3.13. The van der Waals surface area contributed by atoms with E-state index in [2.05, 4.69) is 15.9 Å². The van der Waals surface area contributed by atoms with Gasteiger partial charge < -0.3 is 5.21 Å². The van der Waals surface area contributed by atoms with Crippen LogP contribution in [0.15, 0.2) is 22.9 Å². The summed E-state index contributed by atoms with van der Waals surface area (Å²) in [7, 11) is 0. The maximum Gasteiger partial charge on any atom is 0.269 e. The van der Waals surface area contributed by atoms with E-state index in [1.54, 1.807) is 0 Å². The molecule has 0 saturated carbocycles. The molecule has 0 bridgehead atoms. The van der Waals surface area contributed by atoms with Gasteiger partial charge in [0.2, 0.25) is 0 Å². The fourth-order valence-electron chi connectivity index (χ4n) is 0.608. The van der Waals surface area contributed by atoms with Crippen LogP contribution in [0.2, 0.25) is 0 Å². The van der Waals surface area contributed by atoms with E-state index in [4.69, 9.17) is 0 Å². The molecule has 11 heavy (non-hydrogen) atoms. The highest BCUT2D eigenvalue weighted by atomic mass is 79.9. The number of nitrogens with zero attached hydrogens (tertiary/aromatic N) is 1. The lowest BCUT2D eigenvalue weighted by molar-refractivity contribution is -0.618. The molecule has 1 heterocycles. The van der Waals surface area contributed by atoms with Gasteiger partial charge in [0.15, 0.2) is 6.20 Å². The molecule has 1 aromatic heterocycles. The first-order valence-corrected chi connectivity index (χ1v) is 3.57. The van der Waals surface area contributed by atoms with Crippen LogP contribution in [-0.4, -0.2) is 0 Å². The average molecular weight is 224 g/mol. The lowest BCUT2D eigenvalue weighted by Gasteiger charge is -2.00. The Morgan fingerprint density at radius 3 is 2.55 bits per heavy atom. The molecule has 5 heteroatoms. The van der Waals surface area contributed by atoms with E-state index in [-0.39, 0.29) is 10.2 Å². The van der Waals surface area contributed by atoms with Gasteiger partial charge >= 0.3 is 0 Å². The first kappa shape index (κ1) is 8.39. The van der Waals surface area contributed by atoms with Gasteiger partial charge in [-0.15, -0.1) is 0 Å². The van der Waals surface area contributed by atoms with Crippen molar-refractivity contribution in [1.82, 2.24) is 0 Å². The molecule has 1 aromatic rings. The number of hydrogen-bond donors (Lipinski definition) is 0. The van der Waals surface area contributed by atoms with Crippen LogP contribution in [0.5, 0.6) is 0 Å². The molecule has 0 aromatic carbocycles. The minimum Gasteiger partial charge on any atom is -0.618 e. The number of rotatable bonds is 1. The topological polar surface area (TPSA) is 26.9 Å². The molecule has 0 amide bonds. The van der Waals surface area contributed by atoms with Crippen LogP contribution in [0.4, 0.5) is 8.78 Å². The molecular weight excluding hydrogens is 220 g/mol. The number of aromatic nitrogens is 1. The number of hydrogen-bond acceptors (Lipinski definition) is 1. The van der Waals surface area contributed by atoms with Crippen LogP contribution in [-0.2, 0) is 0 Å². The van der Waals surface area contributed by atoms with Crippen LogP contribution < -0.4 is 4.73 Å². The fourth-order valence-corrected chi connectivity index (χ4v) is 0.842. The van der Waals surface area contributed by atoms with Crippen LogP contribution >= 0.6 is 15.9 Å². The molecular formula is C6H4BrF2NO. The van der Waals surface area contributed by atoms with E-state index in [9.17, 15) is 14.0 Å². The first-order valence-electron chi connectivity index (χ1n) is 2.78. The second-order valence-corrected chi connectivity index (χ2v) is 2.72. The summed E-state index contributed by atoms with van der Waals surface area (Å²) in [5, 5.41) is 10.7. The molecule has 0 radical (unpaired) electrons. The van der Waals surface area contributed by atoms with Crippen LogP contribution in [0.3, 0.4) is 0 Å². The van der Waals surface area contributed by atoms with Gasteiger partial charge in [0.25, 0.3) is 11.0 Å². The van der Waals surface area contributed by atoms with Crippen LogP contribution in [0, 0.1) is 5.21 Å². The third kappa shape index (κ3) is 1.86. The number of alkyl halides is 2. The average Bonchev–Trinajstić information content (AvgIpc) is 1.94.